The van der Waals surface area contributed by atoms with E-state index in [4.69, 9.17) is 5.26 Å². The van der Waals surface area contributed by atoms with E-state index in [2.05, 4.69) is 21.4 Å². The molecule has 3 aromatic rings. The minimum absolute atomic E-state index is 0.0340. The van der Waals surface area contributed by atoms with Crippen LogP contribution in [0.15, 0.2) is 85.2 Å². The molecule has 8 nitrogen and oxygen atoms in total. The summed E-state index contributed by atoms with van der Waals surface area (Å²) >= 11 is 0. The number of rotatable bonds is 5. The Hall–Kier alpha value is -4.35. The zero-order chi connectivity index (χ0) is 24.9. The van der Waals surface area contributed by atoms with Gasteiger partial charge in [0.2, 0.25) is 0 Å². The van der Waals surface area contributed by atoms with Crippen LogP contribution in [0.4, 0.5) is 0 Å². The number of nitriles is 1. The number of amides is 1. The number of pyridine rings is 2. The van der Waals surface area contributed by atoms with E-state index in [0.29, 0.717) is 28.8 Å². The zero-order valence-electron chi connectivity index (χ0n) is 19.7. The average molecular weight is 477 g/mol. The number of piperidine rings is 1. The second kappa shape index (κ2) is 8.40. The number of fused-ring (bicyclic) bond motifs is 1. The number of aromatic nitrogens is 2. The van der Waals surface area contributed by atoms with Gasteiger partial charge in [-0.25, -0.2) is 0 Å². The van der Waals surface area contributed by atoms with Gasteiger partial charge in [0.1, 0.15) is 5.82 Å². The van der Waals surface area contributed by atoms with Crippen LogP contribution in [0.1, 0.15) is 27.0 Å². The number of allylic oxidation sites excluding steroid dienone is 1. The van der Waals surface area contributed by atoms with Crippen LogP contribution < -0.4 is 5.32 Å². The molecule has 1 saturated carbocycles. The third kappa shape index (κ3) is 3.17. The van der Waals surface area contributed by atoms with Crippen LogP contribution in [0.25, 0.3) is 0 Å². The van der Waals surface area contributed by atoms with Crippen molar-refractivity contribution in [3.63, 3.8) is 0 Å². The highest BCUT2D eigenvalue weighted by Crippen LogP contribution is 2.54. The predicted octanol–water partition coefficient (Wildman–Crippen LogP) is 2.31. The normalized spacial score (nSPS) is 25.1. The van der Waals surface area contributed by atoms with E-state index in [1.165, 1.54) is 0 Å². The standard InChI is InChI=1S/C28H24N6O2/c1-33-25(14-24(35)19-4-2-18(15-29)3-5-19)34(26-22-16-32-17-23(22)26)27(36)28(33,20-6-10-30-11-7-20)21-8-12-31-13-9-21/h2-14,22-23,26,32H,16-17H2,1H3. The number of nitrogens with zero attached hydrogens (tertiary/aromatic N) is 5. The van der Waals surface area contributed by atoms with E-state index >= 15 is 0 Å². The van der Waals surface area contributed by atoms with E-state index in [1.807, 2.05) is 41.1 Å². The Morgan fingerprint density at radius 1 is 1.00 bits per heavy atom. The molecule has 0 bridgehead atoms. The van der Waals surface area contributed by atoms with Gasteiger partial charge in [0.25, 0.3) is 5.91 Å². The molecule has 0 radical (unpaired) electrons. The van der Waals surface area contributed by atoms with Gasteiger partial charge in [0.15, 0.2) is 11.3 Å². The molecule has 1 aliphatic carbocycles. The Balaban J connectivity index is 1.51. The molecule has 3 aliphatic rings. The Labute approximate surface area is 208 Å². The van der Waals surface area contributed by atoms with Gasteiger partial charge in [-0.2, -0.15) is 5.26 Å². The Morgan fingerprint density at radius 3 is 2.08 bits per heavy atom. The molecule has 0 spiro atoms. The number of nitrogens with one attached hydrogen (secondary N) is 1. The molecular formula is C28H24N6O2. The first-order valence-electron chi connectivity index (χ1n) is 11.9. The Kier molecular flexibility index (Phi) is 5.16. The molecule has 1 aromatic carbocycles. The van der Waals surface area contributed by atoms with Crippen molar-refractivity contribution in [1.82, 2.24) is 25.1 Å². The molecule has 2 saturated heterocycles. The number of carbonyl (C=O) groups excluding carboxylic acids is 2. The highest BCUT2D eigenvalue weighted by molar-refractivity contribution is 6.06. The largest absolute Gasteiger partial charge is 0.339 e. The first-order valence-corrected chi connectivity index (χ1v) is 11.9. The third-order valence-electron chi connectivity index (χ3n) is 7.72. The van der Waals surface area contributed by atoms with Crippen molar-refractivity contribution in [1.29, 1.82) is 5.26 Å². The second-order valence-corrected chi connectivity index (χ2v) is 9.45. The van der Waals surface area contributed by atoms with Crippen molar-refractivity contribution in [2.24, 2.45) is 11.8 Å². The minimum atomic E-state index is -1.16. The van der Waals surface area contributed by atoms with E-state index < -0.39 is 5.54 Å². The van der Waals surface area contributed by atoms with Gasteiger partial charge in [-0.15, -0.1) is 0 Å². The summed E-state index contributed by atoms with van der Waals surface area (Å²) in [6.07, 6.45) is 8.30. The topological polar surface area (TPSA) is 102 Å². The van der Waals surface area contributed by atoms with Crippen LogP contribution in [0, 0.1) is 23.2 Å². The molecule has 178 valence electrons. The zero-order valence-corrected chi connectivity index (χ0v) is 19.7. The summed E-state index contributed by atoms with van der Waals surface area (Å²) in [5.41, 5.74) is 1.35. The Bertz CT molecular complexity index is 1350. The van der Waals surface area contributed by atoms with Gasteiger partial charge in [0.05, 0.1) is 11.6 Å². The SMILES string of the molecule is CN1C(=CC(=O)c2ccc(C#N)cc2)N(C2C3CNCC32)C(=O)C1(c1ccncc1)c1ccncc1. The molecular weight excluding hydrogens is 452 g/mol. The van der Waals surface area contributed by atoms with Gasteiger partial charge < -0.3 is 10.2 Å². The van der Waals surface area contributed by atoms with Gasteiger partial charge in [0, 0.05) is 62.6 Å². The van der Waals surface area contributed by atoms with Gasteiger partial charge in [-0.1, -0.05) is 0 Å². The summed E-state index contributed by atoms with van der Waals surface area (Å²) in [5, 5.41) is 12.5. The summed E-state index contributed by atoms with van der Waals surface area (Å²) in [4.78, 5) is 40.1. The first-order chi connectivity index (χ1) is 17.6. The van der Waals surface area contributed by atoms with E-state index in [0.717, 1.165) is 24.2 Å². The molecule has 8 heteroatoms. The number of likely N-dealkylation sites (N-methyl/N-ethyl adjacent to an activating group) is 1. The molecule has 4 heterocycles. The summed E-state index contributed by atoms with van der Waals surface area (Å²) in [7, 11) is 1.87. The monoisotopic (exact) mass is 476 g/mol. The van der Waals surface area contributed by atoms with Crippen molar-refractivity contribution in [2.75, 3.05) is 20.1 Å². The fourth-order valence-corrected chi connectivity index (χ4v) is 5.88. The summed E-state index contributed by atoms with van der Waals surface area (Å²) in [6, 6.07) is 16.1. The number of hydrogen-bond acceptors (Lipinski definition) is 7. The van der Waals surface area contributed by atoms with E-state index in [-0.39, 0.29) is 17.7 Å². The molecule has 6 rings (SSSR count). The van der Waals surface area contributed by atoms with Crippen molar-refractivity contribution in [2.45, 2.75) is 11.6 Å². The van der Waals surface area contributed by atoms with Gasteiger partial charge in [-0.05, 0) is 71.5 Å². The van der Waals surface area contributed by atoms with Crippen molar-refractivity contribution in [3.8, 4) is 6.07 Å². The van der Waals surface area contributed by atoms with Crippen molar-refractivity contribution >= 4 is 11.7 Å². The lowest BCUT2D eigenvalue weighted by Gasteiger charge is -2.35. The summed E-state index contributed by atoms with van der Waals surface area (Å²) < 4.78 is 0. The highest BCUT2D eigenvalue weighted by atomic mass is 16.2. The van der Waals surface area contributed by atoms with Gasteiger partial charge >= 0.3 is 0 Å². The number of ketones is 1. The lowest BCUT2D eigenvalue weighted by Crippen LogP contribution is -2.46. The fraction of sp³-hybridized carbons (Fsp3) is 0.250. The van der Waals surface area contributed by atoms with E-state index in [9.17, 15) is 9.59 Å². The molecule has 2 aromatic heterocycles. The third-order valence-corrected chi connectivity index (χ3v) is 7.72. The maximum absolute atomic E-state index is 14.6. The maximum Gasteiger partial charge on any atom is 0.263 e. The number of benzene rings is 1. The maximum atomic E-state index is 14.6. The first kappa shape index (κ1) is 22.1. The summed E-state index contributed by atoms with van der Waals surface area (Å²) in [5.74, 6) is 0.995. The molecule has 36 heavy (non-hydrogen) atoms. The highest BCUT2D eigenvalue weighted by Gasteiger charge is 2.65. The van der Waals surface area contributed by atoms with Crippen LogP contribution in [0.3, 0.4) is 0 Å². The average Bonchev–Trinajstić information content (AvgIpc) is 3.27. The van der Waals surface area contributed by atoms with E-state index in [1.54, 1.807) is 55.1 Å². The molecule has 3 fully saturated rings. The molecule has 1 amide bonds. The smallest absolute Gasteiger partial charge is 0.263 e. The fourth-order valence-electron chi connectivity index (χ4n) is 5.88. The molecule has 2 atom stereocenters. The van der Waals surface area contributed by atoms with Crippen molar-refractivity contribution in [3.05, 3.63) is 107 Å². The Morgan fingerprint density at radius 2 is 1.56 bits per heavy atom. The second-order valence-electron chi connectivity index (χ2n) is 9.45. The van der Waals surface area contributed by atoms with Crippen LogP contribution in [0.2, 0.25) is 0 Å². The van der Waals surface area contributed by atoms with Crippen LogP contribution in [-0.2, 0) is 10.3 Å². The molecule has 2 unspecified atom stereocenters. The molecule has 1 N–H and O–H groups in total. The van der Waals surface area contributed by atoms with Crippen LogP contribution in [0.5, 0.6) is 0 Å². The quantitative estimate of drug-likeness (QED) is 0.445. The number of hydrogen-bond donors (Lipinski definition) is 1. The van der Waals surface area contributed by atoms with Crippen LogP contribution in [-0.4, -0.2) is 57.6 Å². The predicted molar refractivity (Wildman–Crippen MR) is 131 cm³/mol. The molecule has 2 aliphatic heterocycles. The van der Waals surface area contributed by atoms with Crippen LogP contribution >= 0.6 is 0 Å². The number of carbonyl (C=O) groups is 2. The lowest BCUT2D eigenvalue weighted by atomic mass is 9.82. The van der Waals surface area contributed by atoms with Gasteiger partial charge in [-0.3, -0.25) is 24.5 Å². The lowest BCUT2D eigenvalue weighted by molar-refractivity contribution is -0.132. The minimum Gasteiger partial charge on any atom is -0.339 e. The summed E-state index contributed by atoms with van der Waals surface area (Å²) in [6.45, 7) is 1.72. The van der Waals surface area contributed by atoms with Crippen molar-refractivity contribution < 1.29 is 9.59 Å².